The third-order valence-corrected chi connectivity index (χ3v) is 12.3. The fourth-order valence-corrected chi connectivity index (χ4v) is 8.00. The normalized spacial score (nSPS) is 13.0. The third kappa shape index (κ3) is 57.1. The van der Waals surface area contributed by atoms with Gasteiger partial charge in [-0.2, -0.15) is 0 Å². The molecule has 0 saturated carbocycles. The van der Waals surface area contributed by atoms with Crippen LogP contribution in [0.15, 0.2) is 109 Å². The largest absolute Gasteiger partial charge is 0.462 e. The smallest absolute Gasteiger partial charge is 0.306 e. The fourth-order valence-electron chi connectivity index (χ4n) is 8.00. The average molecular weight is 972 g/mol. The van der Waals surface area contributed by atoms with Gasteiger partial charge in [0.15, 0.2) is 6.10 Å². The maximum absolute atomic E-state index is 12.9. The second-order valence-electron chi connectivity index (χ2n) is 19.1. The number of esters is 2. The average Bonchev–Trinajstić information content (AvgIpc) is 3.36. The SMILES string of the molecule is CC/C=C\C/C=C\C/C=C\C/C=C\C/C=C\CCCCCC(=O)OCC(COCCCCC/C=C\C/C=C\C/C=C\C/C=C\CC)OC(=O)CCCCCCCCCCCCCCCCCCCCC. The van der Waals surface area contributed by atoms with E-state index in [0.29, 0.717) is 19.4 Å². The zero-order chi connectivity index (χ0) is 50.6. The Bertz CT molecular complexity index is 1380. The number of hydrogen-bond donors (Lipinski definition) is 0. The molecule has 0 rings (SSSR count). The van der Waals surface area contributed by atoms with Crippen LogP contribution in [0.1, 0.15) is 265 Å². The van der Waals surface area contributed by atoms with Crippen molar-refractivity contribution in [3.05, 3.63) is 109 Å². The minimum atomic E-state index is -0.573. The maximum Gasteiger partial charge on any atom is 0.306 e. The van der Waals surface area contributed by atoms with Gasteiger partial charge in [0.05, 0.1) is 6.61 Å². The summed E-state index contributed by atoms with van der Waals surface area (Å²) in [6.45, 7) is 7.52. The number of carbonyl (C=O) groups is 2. The predicted molar refractivity (Wildman–Crippen MR) is 306 cm³/mol. The second kappa shape index (κ2) is 59.9. The molecule has 0 heterocycles. The Kier molecular flexibility index (Phi) is 56.9. The Morgan fingerprint density at radius 1 is 0.329 bits per heavy atom. The molecule has 0 radical (unpaired) electrons. The zero-order valence-corrected chi connectivity index (χ0v) is 46.0. The summed E-state index contributed by atoms with van der Waals surface area (Å²) in [5.41, 5.74) is 0. The van der Waals surface area contributed by atoms with Crippen molar-refractivity contribution < 1.29 is 23.8 Å². The predicted octanol–water partition coefficient (Wildman–Crippen LogP) is 20.3. The van der Waals surface area contributed by atoms with E-state index in [9.17, 15) is 9.59 Å². The van der Waals surface area contributed by atoms with Gasteiger partial charge >= 0.3 is 11.9 Å². The highest BCUT2D eigenvalue weighted by Gasteiger charge is 2.17. The molecular weight excluding hydrogens is 861 g/mol. The standard InChI is InChI=1S/C65H110O5/c1-4-7-10-13-16-19-22-25-28-31-33-35-37-40-43-46-49-52-55-58-64(66)69-62-63(61-68-60-57-54-51-48-45-42-39-30-27-24-21-18-15-12-9-6-3)70-65(67)59-56-53-50-47-44-41-38-36-34-32-29-26-23-20-17-14-11-8-5-2/h7,9-10,12,16,18-19,21,25,27-28,30,33,35,40,42-43,45,63H,4-6,8,11,13-15,17,20,22-24,26,29,31-32,34,36-39,41,44,46-62H2,1-3H3/b10-7-,12-9-,19-16-,21-18-,28-25-,30-27-,35-33-,43-40-,45-42-. The van der Waals surface area contributed by atoms with E-state index in [2.05, 4.69) is 130 Å². The summed E-state index contributed by atoms with van der Waals surface area (Å²) in [6.07, 6.45) is 82.6. The summed E-state index contributed by atoms with van der Waals surface area (Å²) in [5, 5.41) is 0. The van der Waals surface area contributed by atoms with E-state index in [4.69, 9.17) is 14.2 Å². The van der Waals surface area contributed by atoms with Crippen molar-refractivity contribution >= 4 is 11.9 Å². The van der Waals surface area contributed by atoms with Crippen molar-refractivity contribution in [3.63, 3.8) is 0 Å². The van der Waals surface area contributed by atoms with Crippen LogP contribution in [-0.2, 0) is 23.8 Å². The Balaban J connectivity index is 4.38. The Hall–Kier alpha value is -3.44. The van der Waals surface area contributed by atoms with E-state index < -0.39 is 6.10 Å². The lowest BCUT2D eigenvalue weighted by molar-refractivity contribution is -0.163. The van der Waals surface area contributed by atoms with Crippen LogP contribution in [0.3, 0.4) is 0 Å². The van der Waals surface area contributed by atoms with Gasteiger partial charge in [-0.05, 0) is 103 Å². The summed E-state index contributed by atoms with van der Waals surface area (Å²) < 4.78 is 17.4. The van der Waals surface area contributed by atoms with E-state index in [1.54, 1.807) is 0 Å². The van der Waals surface area contributed by atoms with Gasteiger partial charge in [-0.3, -0.25) is 9.59 Å². The molecule has 1 unspecified atom stereocenters. The molecule has 0 aliphatic heterocycles. The summed E-state index contributed by atoms with van der Waals surface area (Å²) >= 11 is 0. The molecule has 0 amide bonds. The lowest BCUT2D eigenvalue weighted by atomic mass is 10.0. The van der Waals surface area contributed by atoms with E-state index in [1.807, 2.05) is 0 Å². The van der Waals surface area contributed by atoms with Crippen LogP contribution in [0.2, 0.25) is 0 Å². The van der Waals surface area contributed by atoms with Crippen molar-refractivity contribution in [2.45, 2.75) is 271 Å². The lowest BCUT2D eigenvalue weighted by Gasteiger charge is -2.18. The van der Waals surface area contributed by atoms with Gasteiger partial charge in [-0.15, -0.1) is 0 Å². The molecule has 1 atom stereocenters. The van der Waals surface area contributed by atoms with E-state index >= 15 is 0 Å². The number of carbonyl (C=O) groups excluding carboxylic acids is 2. The van der Waals surface area contributed by atoms with Crippen molar-refractivity contribution in [2.24, 2.45) is 0 Å². The third-order valence-electron chi connectivity index (χ3n) is 12.3. The fraction of sp³-hybridized carbons (Fsp3) is 0.692. The lowest BCUT2D eigenvalue weighted by Crippen LogP contribution is -2.30. The molecule has 0 aliphatic carbocycles. The van der Waals surface area contributed by atoms with E-state index in [1.165, 1.54) is 109 Å². The summed E-state index contributed by atoms with van der Waals surface area (Å²) in [6, 6.07) is 0. The first-order valence-corrected chi connectivity index (χ1v) is 29.4. The topological polar surface area (TPSA) is 61.8 Å². The van der Waals surface area contributed by atoms with Crippen LogP contribution >= 0.6 is 0 Å². The van der Waals surface area contributed by atoms with Crippen molar-refractivity contribution in [1.29, 1.82) is 0 Å². The molecule has 0 fully saturated rings. The van der Waals surface area contributed by atoms with Crippen molar-refractivity contribution in [1.82, 2.24) is 0 Å². The number of ether oxygens (including phenoxy) is 3. The summed E-state index contributed by atoms with van der Waals surface area (Å²) in [4.78, 5) is 25.6. The molecule has 5 heteroatoms. The van der Waals surface area contributed by atoms with Gasteiger partial charge in [-0.1, -0.05) is 259 Å². The van der Waals surface area contributed by atoms with Crippen LogP contribution in [-0.4, -0.2) is 37.9 Å². The van der Waals surface area contributed by atoms with E-state index in [0.717, 1.165) is 122 Å². The van der Waals surface area contributed by atoms with Crippen LogP contribution in [0, 0.1) is 0 Å². The van der Waals surface area contributed by atoms with Gasteiger partial charge in [0.2, 0.25) is 0 Å². The van der Waals surface area contributed by atoms with Crippen LogP contribution in [0.5, 0.6) is 0 Å². The van der Waals surface area contributed by atoms with Gasteiger partial charge in [0, 0.05) is 19.4 Å². The monoisotopic (exact) mass is 971 g/mol. The van der Waals surface area contributed by atoms with Crippen LogP contribution < -0.4 is 0 Å². The highest BCUT2D eigenvalue weighted by atomic mass is 16.6. The minimum absolute atomic E-state index is 0.0512. The summed E-state index contributed by atoms with van der Waals surface area (Å²) in [5.74, 6) is -0.449. The minimum Gasteiger partial charge on any atom is -0.462 e. The molecule has 0 aromatic carbocycles. The molecule has 0 N–H and O–H groups in total. The first kappa shape index (κ1) is 66.6. The number of hydrogen-bond acceptors (Lipinski definition) is 5. The van der Waals surface area contributed by atoms with E-state index in [-0.39, 0.29) is 25.2 Å². The number of unbranched alkanes of at least 4 members (excludes halogenated alkanes) is 24. The number of allylic oxidation sites excluding steroid dienone is 18. The molecule has 0 spiro atoms. The van der Waals surface area contributed by atoms with Gasteiger partial charge in [-0.25, -0.2) is 0 Å². The Morgan fingerprint density at radius 3 is 1.03 bits per heavy atom. The molecule has 0 aromatic rings. The molecule has 400 valence electrons. The quantitative estimate of drug-likeness (QED) is 0.0345. The van der Waals surface area contributed by atoms with Crippen LogP contribution in [0.25, 0.3) is 0 Å². The zero-order valence-electron chi connectivity index (χ0n) is 46.0. The first-order chi connectivity index (χ1) is 34.6. The van der Waals surface area contributed by atoms with Crippen LogP contribution in [0.4, 0.5) is 0 Å². The van der Waals surface area contributed by atoms with Crippen molar-refractivity contribution in [3.8, 4) is 0 Å². The number of rotatable bonds is 53. The molecule has 0 saturated heterocycles. The molecule has 0 aliphatic rings. The van der Waals surface area contributed by atoms with Gasteiger partial charge in [0.25, 0.3) is 0 Å². The van der Waals surface area contributed by atoms with Gasteiger partial charge in [0.1, 0.15) is 6.61 Å². The highest BCUT2D eigenvalue weighted by molar-refractivity contribution is 5.70. The Labute approximate surface area is 434 Å². The molecular formula is C65H110O5. The second-order valence-corrected chi connectivity index (χ2v) is 19.1. The molecule has 0 bridgehead atoms. The first-order valence-electron chi connectivity index (χ1n) is 29.4. The maximum atomic E-state index is 12.9. The molecule has 70 heavy (non-hydrogen) atoms. The highest BCUT2D eigenvalue weighted by Crippen LogP contribution is 2.16. The van der Waals surface area contributed by atoms with Crippen molar-refractivity contribution in [2.75, 3.05) is 19.8 Å². The molecule has 5 nitrogen and oxygen atoms in total. The van der Waals surface area contributed by atoms with Gasteiger partial charge < -0.3 is 14.2 Å². The summed E-state index contributed by atoms with van der Waals surface area (Å²) in [7, 11) is 0. The molecule has 0 aromatic heterocycles. The Morgan fingerprint density at radius 2 is 0.643 bits per heavy atom.